The molecule has 11 rings (SSSR count). The Kier molecular flexibility index (Phi) is 11.0. The molecule has 7 aromatic carbocycles. The number of hydrogen-bond acceptors (Lipinski definition) is 5. The summed E-state index contributed by atoms with van der Waals surface area (Å²) in [5.74, 6) is 2.05. The largest absolute Gasteiger partial charge is 0.509 e. The summed E-state index contributed by atoms with van der Waals surface area (Å²) in [7, 11) is 0. The van der Waals surface area contributed by atoms with Gasteiger partial charge in [-0.05, 0) is 98.0 Å². The third-order valence-corrected chi connectivity index (χ3v) is 14.2. The van der Waals surface area contributed by atoms with Gasteiger partial charge in [-0.25, -0.2) is 4.98 Å². The van der Waals surface area contributed by atoms with Gasteiger partial charge in [0.1, 0.15) is 5.82 Å². The van der Waals surface area contributed by atoms with E-state index < -0.39 is 0 Å². The van der Waals surface area contributed by atoms with Crippen LogP contribution < -0.4 is 14.5 Å². The number of para-hydroxylation sites is 2. The molecule has 0 bridgehead atoms. The maximum absolute atomic E-state index is 6.73. The number of anilines is 4. The molecule has 4 heterocycles. The van der Waals surface area contributed by atoms with E-state index in [1.165, 1.54) is 48.0 Å². The van der Waals surface area contributed by atoms with Gasteiger partial charge in [-0.1, -0.05) is 135 Å². The first-order chi connectivity index (χ1) is 31.6. The Morgan fingerprint density at radius 3 is 1.97 bits per heavy atom. The third kappa shape index (κ3) is 8.02. The van der Waals surface area contributed by atoms with E-state index in [4.69, 9.17) is 9.72 Å². The van der Waals surface area contributed by atoms with Crippen molar-refractivity contribution in [2.45, 2.75) is 78.6 Å². The molecule has 10 aromatic rings. The van der Waals surface area contributed by atoms with Gasteiger partial charge in [0.25, 0.3) is 0 Å². The second-order valence-electron chi connectivity index (χ2n) is 20.7. The maximum atomic E-state index is 6.73. The first kappa shape index (κ1) is 44.6. The quantitative estimate of drug-likeness (QED) is 0.155. The molecule has 0 N–H and O–H groups in total. The van der Waals surface area contributed by atoms with Crippen molar-refractivity contribution in [3.05, 3.63) is 187 Å². The zero-order valence-corrected chi connectivity index (χ0v) is 42.5. The molecular weight excluding hydrogens is 1020 g/mol. The normalized spacial score (nSPS) is 13.2. The molecule has 7 heteroatoms. The fourth-order valence-corrected chi connectivity index (χ4v) is 10.5. The number of aromatic nitrogens is 2. The van der Waals surface area contributed by atoms with E-state index in [1.807, 2.05) is 35.7 Å². The van der Waals surface area contributed by atoms with Crippen LogP contribution in [0.15, 0.2) is 152 Å². The van der Waals surface area contributed by atoms with Gasteiger partial charge in [-0.3, -0.25) is 0 Å². The van der Waals surface area contributed by atoms with Crippen molar-refractivity contribution >= 4 is 76.1 Å². The van der Waals surface area contributed by atoms with Crippen molar-refractivity contribution in [1.82, 2.24) is 9.55 Å². The van der Waals surface area contributed by atoms with E-state index in [1.54, 1.807) is 0 Å². The zero-order valence-electron chi connectivity index (χ0n) is 39.4. The smallest absolute Gasteiger partial charge is 0.135 e. The molecule has 0 fully saturated rings. The molecule has 3 aromatic heterocycles. The standard InChI is InChI=1S/C60H53N4OS.Pt/c1-58(2,3)39-28-29-61-56(34-39)64-51-27-24-38(46-19-15-20-49-48-18-10-13-23-55(48)66-57(46)49)30-50(51)47-26-25-45(36-54(47)64)65-44-17-14-16-42(35-44)62-37-63(53-22-12-11-21-52(53)62)43-32-40(59(4,5)6)31-41(33-43)60(7,8)9;/h10-34,37H,1-9H3;/q-3;. The summed E-state index contributed by atoms with van der Waals surface area (Å²) < 4.78 is 11.6. The molecule has 5 nitrogen and oxygen atoms in total. The summed E-state index contributed by atoms with van der Waals surface area (Å²) >= 11 is 1.86. The molecule has 0 saturated heterocycles. The number of thiophene rings is 1. The van der Waals surface area contributed by atoms with Gasteiger partial charge in [-0.15, -0.1) is 59.4 Å². The summed E-state index contributed by atoms with van der Waals surface area (Å²) in [6.45, 7) is 22.6. The van der Waals surface area contributed by atoms with Crippen LogP contribution in [0.2, 0.25) is 0 Å². The minimum Gasteiger partial charge on any atom is -0.509 e. The van der Waals surface area contributed by atoms with Gasteiger partial charge in [-0.2, -0.15) is 12.1 Å². The topological polar surface area (TPSA) is 33.5 Å². The van der Waals surface area contributed by atoms with Crippen molar-refractivity contribution in [2.24, 2.45) is 0 Å². The molecule has 67 heavy (non-hydrogen) atoms. The Labute approximate surface area is 412 Å². The van der Waals surface area contributed by atoms with E-state index in [2.05, 4.69) is 223 Å². The minimum absolute atomic E-state index is 0. The molecule has 0 amide bonds. The summed E-state index contributed by atoms with van der Waals surface area (Å²) in [6.07, 6.45) is 1.92. The number of rotatable bonds is 6. The Morgan fingerprint density at radius 2 is 1.22 bits per heavy atom. The van der Waals surface area contributed by atoms with Crippen LogP contribution in [0.5, 0.6) is 11.5 Å². The summed E-state index contributed by atoms with van der Waals surface area (Å²) in [4.78, 5) is 9.49. The number of pyridine rings is 1. The van der Waals surface area contributed by atoms with Crippen molar-refractivity contribution in [2.75, 3.05) is 9.80 Å². The van der Waals surface area contributed by atoms with Gasteiger partial charge < -0.3 is 19.1 Å². The van der Waals surface area contributed by atoms with Crippen LogP contribution in [-0.4, -0.2) is 9.55 Å². The SMILES string of the molecule is CC(C)(C)c1cc(N2[CH-]N(c3[c-]c(Oc4[c-]c5c(cc4)c4cc(-c6cccc7c6sc6ccccc67)ccc4n5-c4cc(C(C)(C)C)ccn4)ccc3)c3ccccc32)cc(C(C)(C)C)c1.[Pt]. The number of benzene rings is 7. The van der Waals surface area contributed by atoms with Crippen molar-refractivity contribution in [3.8, 4) is 28.4 Å². The predicted molar refractivity (Wildman–Crippen MR) is 279 cm³/mol. The summed E-state index contributed by atoms with van der Waals surface area (Å²) in [5, 5.41) is 4.81. The van der Waals surface area contributed by atoms with Crippen LogP contribution in [0, 0.1) is 18.8 Å². The summed E-state index contributed by atoms with van der Waals surface area (Å²) in [5.41, 5.74) is 12.4. The number of ether oxygens (including phenoxy) is 1. The van der Waals surface area contributed by atoms with E-state index in [9.17, 15) is 0 Å². The Balaban J connectivity index is 0.00000525. The van der Waals surface area contributed by atoms with Crippen LogP contribution in [0.1, 0.15) is 79.0 Å². The van der Waals surface area contributed by atoms with E-state index in [-0.39, 0.29) is 37.3 Å². The van der Waals surface area contributed by atoms with Crippen molar-refractivity contribution in [3.63, 3.8) is 0 Å². The number of nitrogens with zero attached hydrogens (tertiary/aromatic N) is 4. The van der Waals surface area contributed by atoms with E-state index in [0.717, 1.165) is 50.4 Å². The van der Waals surface area contributed by atoms with Crippen molar-refractivity contribution < 1.29 is 25.8 Å². The van der Waals surface area contributed by atoms with Gasteiger partial charge in [0.05, 0.1) is 0 Å². The van der Waals surface area contributed by atoms with Crippen LogP contribution in [-0.2, 0) is 37.3 Å². The van der Waals surface area contributed by atoms with Gasteiger partial charge in [0.15, 0.2) is 0 Å². The Bertz CT molecular complexity index is 3490. The molecule has 0 unspecified atom stereocenters. The molecule has 0 aliphatic carbocycles. The number of fused-ring (bicyclic) bond motifs is 7. The van der Waals surface area contributed by atoms with Crippen LogP contribution in [0.4, 0.5) is 22.7 Å². The Hall–Kier alpha value is -6.20. The second-order valence-corrected chi connectivity index (χ2v) is 21.8. The summed E-state index contributed by atoms with van der Waals surface area (Å²) in [6, 6.07) is 59.8. The fraction of sp³-hybridized carbons (Fsp3) is 0.200. The molecular formula is C60H53N4OPtS-3. The molecule has 1 aliphatic heterocycles. The zero-order chi connectivity index (χ0) is 45.7. The molecule has 338 valence electrons. The Morgan fingerprint density at radius 1 is 0.552 bits per heavy atom. The van der Waals surface area contributed by atoms with Crippen LogP contribution >= 0.6 is 11.3 Å². The molecule has 0 saturated carbocycles. The predicted octanol–water partition coefficient (Wildman–Crippen LogP) is 16.9. The average molecular weight is 1070 g/mol. The monoisotopic (exact) mass is 1070 g/mol. The van der Waals surface area contributed by atoms with E-state index >= 15 is 0 Å². The first-order valence-corrected chi connectivity index (χ1v) is 23.7. The van der Waals surface area contributed by atoms with Crippen LogP contribution in [0.3, 0.4) is 0 Å². The van der Waals surface area contributed by atoms with Gasteiger partial charge in [0.2, 0.25) is 0 Å². The van der Waals surface area contributed by atoms with Crippen molar-refractivity contribution in [1.29, 1.82) is 0 Å². The fourth-order valence-electron chi connectivity index (χ4n) is 9.25. The molecule has 1 aliphatic rings. The van der Waals surface area contributed by atoms with Gasteiger partial charge in [0, 0.05) is 81.5 Å². The molecule has 0 atom stereocenters. The second kappa shape index (κ2) is 16.5. The maximum Gasteiger partial charge on any atom is 0.135 e. The molecule has 0 radical (unpaired) electrons. The molecule has 0 spiro atoms. The van der Waals surface area contributed by atoms with Crippen LogP contribution in [0.25, 0.3) is 58.9 Å². The average Bonchev–Trinajstić information content (AvgIpc) is 3.98. The first-order valence-electron chi connectivity index (χ1n) is 22.9. The van der Waals surface area contributed by atoms with E-state index in [0.29, 0.717) is 11.5 Å². The minimum atomic E-state index is -0.0540. The number of hydrogen-bond donors (Lipinski definition) is 0. The third-order valence-electron chi connectivity index (χ3n) is 13.0. The van der Waals surface area contributed by atoms with Gasteiger partial charge >= 0.3 is 0 Å².